The minimum Gasteiger partial charge on any atom is -0.494 e. The van der Waals surface area contributed by atoms with E-state index in [4.69, 9.17) is 30.8 Å². The fourth-order valence-corrected chi connectivity index (χ4v) is 7.19. The van der Waals surface area contributed by atoms with Crippen LogP contribution in [0.25, 0.3) is 11.8 Å². The number of aromatic nitrogens is 2. The highest BCUT2D eigenvalue weighted by atomic mass is 35.5. The summed E-state index contributed by atoms with van der Waals surface area (Å²) in [6.45, 7) is 10.7. The zero-order chi connectivity index (χ0) is 33.9. The summed E-state index contributed by atoms with van der Waals surface area (Å²) in [6, 6.07) is 24.4. The Labute approximate surface area is 287 Å². The summed E-state index contributed by atoms with van der Waals surface area (Å²) in [5.41, 5.74) is 6.22. The summed E-state index contributed by atoms with van der Waals surface area (Å²) in [5.74, 6) is 0.958. The number of thiazole rings is 1. The highest BCUT2D eigenvalue weighted by Crippen LogP contribution is 2.32. The minimum atomic E-state index is -0.691. The van der Waals surface area contributed by atoms with Crippen molar-refractivity contribution in [2.45, 2.75) is 47.3 Å². The van der Waals surface area contributed by atoms with Crippen molar-refractivity contribution in [2.24, 2.45) is 4.99 Å². The topological polar surface area (TPSA) is 84.0 Å². The molecule has 10 heteroatoms. The monoisotopic (exact) mass is 681 g/mol. The van der Waals surface area contributed by atoms with Gasteiger partial charge in [0.25, 0.3) is 5.56 Å². The van der Waals surface area contributed by atoms with Gasteiger partial charge in [-0.05, 0) is 100 Å². The summed E-state index contributed by atoms with van der Waals surface area (Å²) in [5, 5.41) is 0.675. The molecule has 0 radical (unpaired) electrons. The SMILES string of the molecule is CCOC(=O)C1=C(C)N=c2s/c(=C\c3cc(C)n(-c4ccc(OCc5ccccc5Cl)cc4)c3C)c(=O)n2[C@H]1c1ccc(OCC)cc1. The molecule has 0 fully saturated rings. The number of carbonyl (C=O) groups is 1. The minimum absolute atomic E-state index is 0.212. The summed E-state index contributed by atoms with van der Waals surface area (Å²) >= 11 is 7.59. The van der Waals surface area contributed by atoms with Gasteiger partial charge < -0.3 is 18.8 Å². The van der Waals surface area contributed by atoms with Gasteiger partial charge in [-0.15, -0.1) is 0 Å². The molecular formula is C38H36ClN3O5S. The molecule has 0 N–H and O–H groups in total. The number of allylic oxidation sites excluding steroid dienone is 1. The Bertz CT molecular complexity index is 2190. The maximum absolute atomic E-state index is 14.2. The molecule has 0 saturated carbocycles. The molecule has 48 heavy (non-hydrogen) atoms. The lowest BCUT2D eigenvalue weighted by Crippen LogP contribution is -2.39. The number of hydrogen-bond donors (Lipinski definition) is 0. The molecule has 0 unspecified atom stereocenters. The zero-order valence-electron chi connectivity index (χ0n) is 27.5. The van der Waals surface area contributed by atoms with Crippen LogP contribution in [0.15, 0.2) is 99.9 Å². The molecule has 3 aromatic carbocycles. The van der Waals surface area contributed by atoms with Gasteiger partial charge in [-0.3, -0.25) is 9.36 Å². The first-order chi connectivity index (χ1) is 23.2. The quantitative estimate of drug-likeness (QED) is 0.151. The summed E-state index contributed by atoms with van der Waals surface area (Å²) < 4.78 is 21.3. The van der Waals surface area contributed by atoms with Gasteiger partial charge in [0.1, 0.15) is 18.1 Å². The van der Waals surface area contributed by atoms with Gasteiger partial charge in [0.15, 0.2) is 4.80 Å². The van der Waals surface area contributed by atoms with Crippen molar-refractivity contribution in [1.82, 2.24) is 9.13 Å². The smallest absolute Gasteiger partial charge is 0.338 e. The molecular weight excluding hydrogens is 646 g/mol. The van der Waals surface area contributed by atoms with E-state index in [-0.39, 0.29) is 12.2 Å². The van der Waals surface area contributed by atoms with Crippen molar-refractivity contribution in [3.63, 3.8) is 0 Å². The van der Waals surface area contributed by atoms with Crippen LogP contribution in [0.3, 0.4) is 0 Å². The lowest BCUT2D eigenvalue weighted by Gasteiger charge is -2.24. The van der Waals surface area contributed by atoms with Gasteiger partial charge in [-0.2, -0.15) is 0 Å². The molecule has 0 bridgehead atoms. The summed E-state index contributed by atoms with van der Waals surface area (Å²) in [7, 11) is 0. The van der Waals surface area contributed by atoms with Crippen LogP contribution >= 0.6 is 22.9 Å². The fraction of sp³-hybridized carbons (Fsp3) is 0.237. The summed E-state index contributed by atoms with van der Waals surface area (Å²) in [6.07, 6.45) is 1.91. The predicted molar refractivity (Wildman–Crippen MR) is 189 cm³/mol. The number of rotatable bonds is 10. The normalized spacial score (nSPS) is 14.5. The van der Waals surface area contributed by atoms with E-state index >= 15 is 0 Å². The van der Waals surface area contributed by atoms with Crippen LogP contribution in [0.2, 0.25) is 5.02 Å². The predicted octanol–water partition coefficient (Wildman–Crippen LogP) is 6.84. The molecule has 6 rings (SSSR count). The number of hydrogen-bond acceptors (Lipinski definition) is 7. The maximum atomic E-state index is 14.2. The molecule has 246 valence electrons. The van der Waals surface area contributed by atoms with Gasteiger partial charge in [0.05, 0.1) is 35.1 Å². The zero-order valence-corrected chi connectivity index (χ0v) is 29.0. The lowest BCUT2D eigenvalue weighted by molar-refractivity contribution is -0.139. The first kappa shape index (κ1) is 33.1. The Kier molecular flexibility index (Phi) is 9.71. The Morgan fingerprint density at radius 3 is 2.31 bits per heavy atom. The standard InChI is InChI=1S/C38H36ClN3O5S/c1-6-45-30-16-12-26(13-17-30)35-34(37(44)46-7-2)24(4)40-38-42(35)36(43)33(48-38)21-28-20-23(3)41(25(28)5)29-14-18-31(19-15-29)47-22-27-10-8-9-11-32(27)39/h8-21,35H,6-7,22H2,1-5H3/b33-21-/t35-/m0/s1. The molecule has 8 nitrogen and oxygen atoms in total. The van der Waals surface area contributed by atoms with E-state index in [9.17, 15) is 9.59 Å². The van der Waals surface area contributed by atoms with Crippen LogP contribution in [-0.4, -0.2) is 28.3 Å². The van der Waals surface area contributed by atoms with Gasteiger partial charge in [-0.25, -0.2) is 9.79 Å². The van der Waals surface area contributed by atoms with Crippen molar-refractivity contribution in [2.75, 3.05) is 13.2 Å². The second kappa shape index (κ2) is 14.1. The number of carbonyl (C=O) groups excluding carboxylic acids is 1. The number of fused-ring (bicyclic) bond motifs is 1. The second-order valence-electron chi connectivity index (χ2n) is 11.3. The van der Waals surface area contributed by atoms with Crippen molar-refractivity contribution in [3.8, 4) is 17.2 Å². The molecule has 1 atom stereocenters. The average Bonchev–Trinajstić information content (AvgIpc) is 3.53. The molecule has 0 spiro atoms. The van der Waals surface area contributed by atoms with Crippen LogP contribution in [0.5, 0.6) is 11.5 Å². The molecule has 0 aliphatic carbocycles. The molecule has 0 saturated heterocycles. The Balaban J connectivity index is 1.35. The summed E-state index contributed by atoms with van der Waals surface area (Å²) in [4.78, 5) is 32.6. The molecule has 1 aliphatic heterocycles. The van der Waals surface area contributed by atoms with E-state index in [1.165, 1.54) is 11.3 Å². The third-order valence-electron chi connectivity index (χ3n) is 8.23. The molecule has 0 amide bonds. The van der Waals surface area contributed by atoms with Crippen LogP contribution < -0.4 is 24.4 Å². The second-order valence-corrected chi connectivity index (χ2v) is 12.8. The van der Waals surface area contributed by atoms with Crippen molar-refractivity contribution in [1.29, 1.82) is 0 Å². The lowest BCUT2D eigenvalue weighted by atomic mass is 9.96. The Hall–Kier alpha value is -4.86. The van der Waals surface area contributed by atoms with Crippen molar-refractivity contribution >= 4 is 35.0 Å². The van der Waals surface area contributed by atoms with Crippen molar-refractivity contribution < 1.29 is 19.0 Å². The average molecular weight is 682 g/mol. The van der Waals surface area contributed by atoms with Gasteiger partial charge in [0, 0.05) is 27.7 Å². The Morgan fingerprint density at radius 1 is 0.938 bits per heavy atom. The van der Waals surface area contributed by atoms with E-state index < -0.39 is 12.0 Å². The number of benzene rings is 3. The molecule has 3 heterocycles. The largest absolute Gasteiger partial charge is 0.494 e. The van der Waals surface area contributed by atoms with E-state index in [1.807, 2.05) is 99.6 Å². The first-order valence-corrected chi connectivity index (χ1v) is 17.0. The van der Waals surface area contributed by atoms with E-state index in [2.05, 4.69) is 10.6 Å². The van der Waals surface area contributed by atoms with Gasteiger partial charge >= 0.3 is 5.97 Å². The number of ether oxygens (including phenoxy) is 3. The highest BCUT2D eigenvalue weighted by Gasteiger charge is 2.33. The number of halogens is 1. The third kappa shape index (κ3) is 6.48. The number of nitrogens with zero attached hydrogens (tertiary/aromatic N) is 3. The van der Waals surface area contributed by atoms with Gasteiger partial charge in [0.2, 0.25) is 0 Å². The van der Waals surface area contributed by atoms with Crippen molar-refractivity contribution in [3.05, 3.63) is 143 Å². The third-order valence-corrected chi connectivity index (χ3v) is 9.58. The van der Waals surface area contributed by atoms with E-state index in [0.29, 0.717) is 44.6 Å². The first-order valence-electron chi connectivity index (χ1n) is 15.8. The highest BCUT2D eigenvalue weighted by molar-refractivity contribution is 7.07. The van der Waals surface area contributed by atoms with E-state index in [0.717, 1.165) is 39.5 Å². The maximum Gasteiger partial charge on any atom is 0.338 e. The molecule has 1 aliphatic rings. The molecule has 2 aromatic heterocycles. The van der Waals surface area contributed by atoms with Crippen LogP contribution in [-0.2, 0) is 16.1 Å². The van der Waals surface area contributed by atoms with Crippen LogP contribution in [0.4, 0.5) is 0 Å². The fourth-order valence-electron chi connectivity index (χ4n) is 5.96. The van der Waals surface area contributed by atoms with Crippen LogP contribution in [0.1, 0.15) is 54.9 Å². The number of aryl methyl sites for hydroxylation is 1. The van der Waals surface area contributed by atoms with Gasteiger partial charge in [-0.1, -0.05) is 53.3 Å². The molecule has 5 aromatic rings. The van der Waals surface area contributed by atoms with Crippen LogP contribution in [0, 0.1) is 13.8 Å². The van der Waals surface area contributed by atoms with E-state index in [1.54, 1.807) is 18.4 Å². The Morgan fingerprint density at radius 2 is 1.62 bits per heavy atom. The number of esters is 1.